The van der Waals surface area contributed by atoms with Crippen molar-refractivity contribution in [2.24, 2.45) is 0 Å². The SMILES string of the molecule is CCCOc1c(C(=O)C(F)(F)F)ccc2ccccc12. The molecule has 20 heavy (non-hydrogen) atoms. The van der Waals surface area contributed by atoms with Gasteiger partial charge in [-0.2, -0.15) is 13.2 Å². The first-order valence-electron chi connectivity index (χ1n) is 6.21. The molecule has 0 aromatic heterocycles. The Labute approximate surface area is 114 Å². The molecule has 0 saturated heterocycles. The van der Waals surface area contributed by atoms with Crippen molar-refractivity contribution in [2.75, 3.05) is 6.61 Å². The number of hydrogen-bond acceptors (Lipinski definition) is 2. The monoisotopic (exact) mass is 282 g/mol. The maximum Gasteiger partial charge on any atom is 0.455 e. The van der Waals surface area contributed by atoms with Gasteiger partial charge in [0.1, 0.15) is 5.75 Å². The van der Waals surface area contributed by atoms with Crippen LogP contribution >= 0.6 is 0 Å². The standard InChI is InChI=1S/C15H13F3O2/c1-2-9-20-13-11-6-4-3-5-10(11)7-8-12(13)14(19)15(16,17)18/h3-8H,2,9H2,1H3. The third-order valence-corrected chi connectivity index (χ3v) is 2.83. The summed E-state index contributed by atoms with van der Waals surface area (Å²) in [6.45, 7) is 2.10. The molecule has 0 aliphatic carbocycles. The molecule has 2 rings (SSSR count). The van der Waals surface area contributed by atoms with Gasteiger partial charge in [-0.15, -0.1) is 0 Å². The van der Waals surface area contributed by atoms with Crippen LogP contribution in [0.3, 0.4) is 0 Å². The van der Waals surface area contributed by atoms with E-state index < -0.39 is 17.5 Å². The van der Waals surface area contributed by atoms with Crippen LogP contribution in [0.15, 0.2) is 36.4 Å². The van der Waals surface area contributed by atoms with Crippen molar-refractivity contribution in [2.45, 2.75) is 19.5 Å². The largest absolute Gasteiger partial charge is 0.492 e. The third kappa shape index (κ3) is 2.76. The Morgan fingerprint density at radius 1 is 1.15 bits per heavy atom. The molecule has 2 aromatic rings. The van der Waals surface area contributed by atoms with E-state index in [1.54, 1.807) is 24.3 Å². The van der Waals surface area contributed by atoms with Crippen LogP contribution in [0.2, 0.25) is 0 Å². The van der Waals surface area contributed by atoms with E-state index >= 15 is 0 Å². The number of ether oxygens (including phenoxy) is 1. The van der Waals surface area contributed by atoms with Crippen molar-refractivity contribution >= 4 is 16.6 Å². The Morgan fingerprint density at radius 2 is 1.85 bits per heavy atom. The first-order valence-corrected chi connectivity index (χ1v) is 6.21. The lowest BCUT2D eigenvalue weighted by Crippen LogP contribution is -2.23. The van der Waals surface area contributed by atoms with Gasteiger partial charge in [0.2, 0.25) is 0 Å². The van der Waals surface area contributed by atoms with Crippen LogP contribution in [0, 0.1) is 0 Å². The Morgan fingerprint density at radius 3 is 2.50 bits per heavy atom. The molecule has 106 valence electrons. The smallest absolute Gasteiger partial charge is 0.455 e. The molecule has 0 amide bonds. The zero-order valence-corrected chi connectivity index (χ0v) is 10.8. The Hall–Kier alpha value is -2.04. The average molecular weight is 282 g/mol. The van der Waals surface area contributed by atoms with Gasteiger partial charge in [0, 0.05) is 5.39 Å². The summed E-state index contributed by atoms with van der Waals surface area (Å²) in [6, 6.07) is 9.54. The van der Waals surface area contributed by atoms with Gasteiger partial charge >= 0.3 is 6.18 Å². The second-order valence-corrected chi connectivity index (χ2v) is 4.34. The van der Waals surface area contributed by atoms with Gasteiger partial charge in [0.15, 0.2) is 0 Å². The number of carbonyl (C=O) groups excluding carboxylic acids is 1. The fraction of sp³-hybridized carbons (Fsp3) is 0.267. The summed E-state index contributed by atoms with van der Waals surface area (Å²) in [5.41, 5.74) is -0.440. The zero-order valence-electron chi connectivity index (χ0n) is 10.8. The van der Waals surface area contributed by atoms with Crippen molar-refractivity contribution in [1.29, 1.82) is 0 Å². The predicted octanol–water partition coefficient (Wildman–Crippen LogP) is 4.37. The molecule has 0 spiro atoms. The Balaban J connectivity index is 2.61. The highest BCUT2D eigenvalue weighted by Gasteiger charge is 2.41. The normalized spacial score (nSPS) is 11.6. The summed E-state index contributed by atoms with van der Waals surface area (Å²) in [6.07, 6.45) is -4.27. The molecule has 0 bridgehead atoms. The quantitative estimate of drug-likeness (QED) is 0.778. The van der Waals surface area contributed by atoms with E-state index in [0.29, 0.717) is 11.8 Å². The van der Waals surface area contributed by atoms with Gasteiger partial charge in [0.05, 0.1) is 12.2 Å². The first kappa shape index (κ1) is 14.4. The summed E-state index contributed by atoms with van der Waals surface area (Å²) >= 11 is 0. The Bertz CT molecular complexity index is 633. The van der Waals surface area contributed by atoms with Crippen LogP contribution in [0.1, 0.15) is 23.7 Å². The molecule has 0 heterocycles. The van der Waals surface area contributed by atoms with E-state index in [-0.39, 0.29) is 12.4 Å². The van der Waals surface area contributed by atoms with E-state index in [1.807, 2.05) is 6.92 Å². The van der Waals surface area contributed by atoms with Crippen molar-refractivity contribution < 1.29 is 22.7 Å². The van der Waals surface area contributed by atoms with Crippen molar-refractivity contribution in [3.8, 4) is 5.75 Å². The number of rotatable bonds is 4. The summed E-state index contributed by atoms with van der Waals surface area (Å²) < 4.78 is 43.3. The summed E-state index contributed by atoms with van der Waals surface area (Å²) in [5, 5.41) is 1.24. The minimum Gasteiger partial charge on any atom is -0.492 e. The first-order chi connectivity index (χ1) is 9.45. The summed E-state index contributed by atoms with van der Waals surface area (Å²) in [7, 11) is 0. The number of fused-ring (bicyclic) bond motifs is 1. The predicted molar refractivity (Wildman–Crippen MR) is 70.1 cm³/mol. The van der Waals surface area contributed by atoms with Crippen LogP contribution < -0.4 is 4.74 Å². The maximum absolute atomic E-state index is 12.6. The van der Waals surface area contributed by atoms with E-state index in [0.717, 1.165) is 5.39 Å². The molecule has 0 aliphatic rings. The highest BCUT2D eigenvalue weighted by molar-refractivity contribution is 6.07. The van der Waals surface area contributed by atoms with Crippen molar-refractivity contribution in [3.63, 3.8) is 0 Å². The minimum atomic E-state index is -4.91. The second kappa shape index (κ2) is 5.53. The van der Waals surface area contributed by atoms with Crippen LogP contribution in [0.25, 0.3) is 10.8 Å². The van der Waals surface area contributed by atoms with Crippen molar-refractivity contribution in [3.05, 3.63) is 42.0 Å². The van der Waals surface area contributed by atoms with E-state index in [2.05, 4.69) is 0 Å². The van der Waals surface area contributed by atoms with E-state index in [4.69, 9.17) is 4.74 Å². The maximum atomic E-state index is 12.6. The number of halogens is 3. The van der Waals surface area contributed by atoms with Crippen LogP contribution in [-0.4, -0.2) is 18.6 Å². The molecule has 0 aliphatic heterocycles. The lowest BCUT2D eigenvalue weighted by atomic mass is 10.0. The number of ketones is 1. The van der Waals surface area contributed by atoms with Gasteiger partial charge in [-0.1, -0.05) is 37.3 Å². The number of hydrogen-bond donors (Lipinski definition) is 0. The number of alkyl halides is 3. The topological polar surface area (TPSA) is 26.3 Å². The molecule has 2 nitrogen and oxygen atoms in total. The highest BCUT2D eigenvalue weighted by atomic mass is 19.4. The summed E-state index contributed by atoms with van der Waals surface area (Å²) in [5.74, 6) is -1.87. The Kier molecular flexibility index (Phi) is 3.97. The van der Waals surface area contributed by atoms with Crippen LogP contribution in [0.4, 0.5) is 13.2 Å². The molecule has 0 N–H and O–H groups in total. The number of Topliss-reactive ketones (excluding diaryl/α,β-unsaturated/α-hetero) is 1. The molecule has 0 atom stereocenters. The van der Waals surface area contributed by atoms with Crippen LogP contribution in [-0.2, 0) is 0 Å². The van der Waals surface area contributed by atoms with Crippen LogP contribution in [0.5, 0.6) is 5.75 Å². The molecule has 0 unspecified atom stereocenters. The van der Waals surface area contributed by atoms with Gasteiger partial charge in [-0.25, -0.2) is 0 Å². The molecular weight excluding hydrogens is 269 g/mol. The fourth-order valence-corrected chi connectivity index (χ4v) is 1.93. The lowest BCUT2D eigenvalue weighted by Gasteiger charge is -2.14. The minimum absolute atomic E-state index is 0.00674. The average Bonchev–Trinajstić information content (AvgIpc) is 2.42. The lowest BCUT2D eigenvalue weighted by molar-refractivity contribution is -0.0886. The molecule has 5 heteroatoms. The van der Waals surface area contributed by atoms with Gasteiger partial charge < -0.3 is 4.74 Å². The molecule has 0 fully saturated rings. The molecule has 0 saturated carbocycles. The van der Waals surface area contributed by atoms with Crippen molar-refractivity contribution in [1.82, 2.24) is 0 Å². The number of benzene rings is 2. The van der Waals surface area contributed by atoms with Gasteiger partial charge in [0.25, 0.3) is 5.78 Å². The molecule has 0 radical (unpaired) electrons. The highest BCUT2D eigenvalue weighted by Crippen LogP contribution is 2.34. The third-order valence-electron chi connectivity index (χ3n) is 2.83. The van der Waals surface area contributed by atoms with E-state index in [1.165, 1.54) is 12.1 Å². The molecule has 2 aromatic carbocycles. The zero-order chi connectivity index (χ0) is 14.8. The number of carbonyl (C=O) groups is 1. The fourth-order valence-electron chi connectivity index (χ4n) is 1.93. The van der Waals surface area contributed by atoms with Gasteiger partial charge in [-0.3, -0.25) is 4.79 Å². The molecular formula is C15H13F3O2. The second-order valence-electron chi connectivity index (χ2n) is 4.34. The summed E-state index contributed by atoms with van der Waals surface area (Å²) in [4.78, 5) is 11.5. The van der Waals surface area contributed by atoms with Gasteiger partial charge in [-0.05, 0) is 17.9 Å². The van der Waals surface area contributed by atoms with E-state index in [9.17, 15) is 18.0 Å².